The van der Waals surface area contributed by atoms with E-state index < -0.39 is 0 Å². The fraction of sp³-hybridized carbons (Fsp3) is 0.412. The van der Waals surface area contributed by atoms with Gasteiger partial charge in [-0.15, -0.1) is 11.8 Å². The lowest BCUT2D eigenvalue weighted by Gasteiger charge is -2.13. The molecule has 2 rings (SSSR count). The molecule has 1 amide bonds. The molecule has 1 atom stereocenters. The number of hydrogen-bond donors (Lipinski definition) is 1. The number of aryl methyl sites for hydroxylation is 1. The van der Waals surface area contributed by atoms with Gasteiger partial charge in [0.25, 0.3) is 0 Å². The van der Waals surface area contributed by atoms with Crippen molar-refractivity contribution < 1.29 is 4.79 Å². The Morgan fingerprint density at radius 1 is 1.35 bits per heavy atom. The van der Waals surface area contributed by atoms with Gasteiger partial charge in [0, 0.05) is 29.6 Å². The second-order valence-corrected chi connectivity index (χ2v) is 7.25. The summed E-state index contributed by atoms with van der Waals surface area (Å²) in [5, 5.41) is 3.63. The normalized spacial score (nSPS) is 12.2. The number of halogens is 1. The monoisotopic (exact) mass is 351 g/mol. The minimum Gasteiger partial charge on any atom is -0.353 e. The summed E-state index contributed by atoms with van der Waals surface area (Å²) in [6, 6.07) is 7.73. The average molecular weight is 352 g/mol. The first kappa shape index (κ1) is 17.9. The van der Waals surface area contributed by atoms with Crippen LogP contribution in [0.1, 0.15) is 23.9 Å². The summed E-state index contributed by atoms with van der Waals surface area (Å²) in [7, 11) is 0. The molecular formula is C17H22ClN3OS. The third-order valence-electron chi connectivity index (χ3n) is 3.78. The van der Waals surface area contributed by atoms with Crippen molar-refractivity contribution in [3.05, 3.63) is 52.6 Å². The van der Waals surface area contributed by atoms with Crippen LogP contribution in [-0.4, -0.2) is 27.3 Å². The van der Waals surface area contributed by atoms with Crippen molar-refractivity contribution >= 4 is 29.3 Å². The number of amides is 1. The van der Waals surface area contributed by atoms with Gasteiger partial charge in [0.05, 0.1) is 17.3 Å². The van der Waals surface area contributed by atoms with E-state index in [1.54, 1.807) is 11.8 Å². The average Bonchev–Trinajstić information content (AvgIpc) is 2.86. The molecule has 2 aromatic rings. The Bertz CT molecular complexity index is 654. The minimum absolute atomic E-state index is 0.0680. The van der Waals surface area contributed by atoms with Crippen LogP contribution in [0.5, 0.6) is 0 Å². The van der Waals surface area contributed by atoms with Gasteiger partial charge in [0.1, 0.15) is 0 Å². The van der Waals surface area contributed by atoms with Crippen molar-refractivity contribution in [2.24, 2.45) is 0 Å². The first-order chi connectivity index (χ1) is 11.0. The maximum Gasteiger partial charge on any atom is 0.232 e. The van der Waals surface area contributed by atoms with Crippen molar-refractivity contribution in [2.45, 2.75) is 38.3 Å². The van der Waals surface area contributed by atoms with Crippen LogP contribution >= 0.6 is 23.4 Å². The maximum atomic E-state index is 12.1. The first-order valence-corrected chi connectivity index (χ1v) is 9.02. The van der Waals surface area contributed by atoms with E-state index in [2.05, 4.69) is 14.9 Å². The van der Waals surface area contributed by atoms with Gasteiger partial charge in [-0.2, -0.15) is 0 Å². The Morgan fingerprint density at radius 2 is 2.04 bits per heavy atom. The largest absolute Gasteiger partial charge is 0.353 e. The van der Waals surface area contributed by atoms with Crippen molar-refractivity contribution in [2.75, 3.05) is 6.54 Å². The molecule has 0 bridgehead atoms. The summed E-state index contributed by atoms with van der Waals surface area (Å²) in [5.41, 5.74) is 3.34. The van der Waals surface area contributed by atoms with E-state index in [1.165, 1.54) is 5.56 Å². The van der Waals surface area contributed by atoms with E-state index in [0.717, 1.165) is 28.7 Å². The molecule has 0 aliphatic heterocycles. The highest BCUT2D eigenvalue weighted by atomic mass is 35.5. The molecule has 1 aromatic heterocycles. The third kappa shape index (κ3) is 5.29. The summed E-state index contributed by atoms with van der Waals surface area (Å²) < 4.78 is 2.06. The number of hydrogen-bond acceptors (Lipinski definition) is 3. The molecular weight excluding hydrogens is 330 g/mol. The zero-order valence-electron chi connectivity index (χ0n) is 13.7. The molecule has 23 heavy (non-hydrogen) atoms. The SMILES string of the molecule is Cc1ncn(CCNC(=O)C(C)SCc2ccc(Cl)cc2)c1C. The molecule has 4 nitrogen and oxygen atoms in total. The standard InChI is InChI=1S/C17H22ClN3OS/c1-12-13(2)21(11-20-12)9-8-19-17(22)14(3)23-10-15-4-6-16(18)7-5-15/h4-7,11,14H,8-10H2,1-3H3,(H,19,22). The summed E-state index contributed by atoms with van der Waals surface area (Å²) in [6.07, 6.45) is 1.82. The number of nitrogens with zero attached hydrogens (tertiary/aromatic N) is 2. The number of aromatic nitrogens is 2. The highest BCUT2D eigenvalue weighted by Crippen LogP contribution is 2.19. The van der Waals surface area contributed by atoms with Crippen molar-refractivity contribution in [3.8, 4) is 0 Å². The van der Waals surface area contributed by atoms with Gasteiger partial charge >= 0.3 is 0 Å². The Morgan fingerprint density at radius 3 is 2.65 bits per heavy atom. The molecule has 0 saturated carbocycles. The van der Waals surface area contributed by atoms with Crippen LogP contribution in [-0.2, 0) is 17.1 Å². The molecule has 0 fully saturated rings. The Hall–Kier alpha value is -1.46. The fourth-order valence-corrected chi connectivity index (χ4v) is 3.09. The number of nitrogens with one attached hydrogen (secondary N) is 1. The smallest absolute Gasteiger partial charge is 0.232 e. The van der Waals surface area contributed by atoms with Crippen LogP contribution in [0.4, 0.5) is 0 Å². The zero-order valence-corrected chi connectivity index (χ0v) is 15.2. The predicted molar refractivity (Wildman–Crippen MR) is 96.9 cm³/mol. The second kappa shape index (κ2) is 8.41. The summed E-state index contributed by atoms with van der Waals surface area (Å²) >= 11 is 7.49. The molecule has 1 N–H and O–H groups in total. The van der Waals surface area contributed by atoms with Crippen LogP contribution < -0.4 is 5.32 Å². The van der Waals surface area contributed by atoms with Crippen molar-refractivity contribution in [1.82, 2.24) is 14.9 Å². The zero-order chi connectivity index (χ0) is 16.8. The van der Waals surface area contributed by atoms with Crippen LogP contribution in [0.2, 0.25) is 5.02 Å². The van der Waals surface area contributed by atoms with E-state index in [1.807, 2.05) is 51.4 Å². The molecule has 0 aliphatic rings. The van der Waals surface area contributed by atoms with E-state index in [9.17, 15) is 4.79 Å². The minimum atomic E-state index is -0.0868. The van der Waals surface area contributed by atoms with E-state index in [4.69, 9.17) is 11.6 Å². The van der Waals surface area contributed by atoms with Crippen LogP contribution in [0.25, 0.3) is 0 Å². The molecule has 0 radical (unpaired) electrons. The third-order valence-corrected chi connectivity index (χ3v) is 5.25. The van der Waals surface area contributed by atoms with E-state index in [0.29, 0.717) is 6.54 Å². The van der Waals surface area contributed by atoms with Crippen LogP contribution in [0.15, 0.2) is 30.6 Å². The second-order valence-electron chi connectivity index (χ2n) is 5.48. The first-order valence-electron chi connectivity index (χ1n) is 7.59. The highest BCUT2D eigenvalue weighted by molar-refractivity contribution is 7.99. The Kier molecular flexibility index (Phi) is 6.54. The maximum absolute atomic E-state index is 12.1. The Labute approximate surface area is 146 Å². The lowest BCUT2D eigenvalue weighted by molar-refractivity contribution is -0.120. The summed E-state index contributed by atoms with van der Waals surface area (Å²) in [6.45, 7) is 7.31. The lowest BCUT2D eigenvalue weighted by Crippen LogP contribution is -2.33. The van der Waals surface area contributed by atoms with Crippen molar-refractivity contribution in [1.29, 1.82) is 0 Å². The lowest BCUT2D eigenvalue weighted by atomic mass is 10.2. The quantitative estimate of drug-likeness (QED) is 0.829. The number of rotatable bonds is 7. The predicted octanol–water partition coefficient (Wildman–Crippen LogP) is 3.59. The van der Waals surface area contributed by atoms with E-state index >= 15 is 0 Å². The molecule has 124 valence electrons. The van der Waals surface area contributed by atoms with Crippen LogP contribution in [0, 0.1) is 13.8 Å². The number of imidazole rings is 1. The van der Waals surface area contributed by atoms with Gasteiger partial charge in [0.2, 0.25) is 5.91 Å². The number of carbonyl (C=O) groups is 1. The fourth-order valence-electron chi connectivity index (χ4n) is 2.09. The van der Waals surface area contributed by atoms with Crippen molar-refractivity contribution in [3.63, 3.8) is 0 Å². The number of carbonyl (C=O) groups excluding carboxylic acids is 1. The summed E-state index contributed by atoms with van der Waals surface area (Å²) in [4.78, 5) is 16.4. The van der Waals surface area contributed by atoms with Gasteiger partial charge in [-0.3, -0.25) is 4.79 Å². The molecule has 6 heteroatoms. The molecule has 0 saturated heterocycles. The number of benzene rings is 1. The molecule has 0 spiro atoms. The van der Waals surface area contributed by atoms with Gasteiger partial charge in [0.15, 0.2) is 0 Å². The highest BCUT2D eigenvalue weighted by Gasteiger charge is 2.13. The van der Waals surface area contributed by atoms with Gasteiger partial charge in [-0.25, -0.2) is 4.98 Å². The van der Waals surface area contributed by atoms with Gasteiger partial charge < -0.3 is 9.88 Å². The van der Waals surface area contributed by atoms with Gasteiger partial charge in [-0.05, 0) is 38.5 Å². The molecule has 0 aliphatic carbocycles. The number of thioether (sulfide) groups is 1. The summed E-state index contributed by atoms with van der Waals surface area (Å²) in [5.74, 6) is 0.865. The topological polar surface area (TPSA) is 46.9 Å². The Balaban J connectivity index is 1.72. The van der Waals surface area contributed by atoms with E-state index in [-0.39, 0.29) is 11.2 Å². The molecule has 1 aromatic carbocycles. The van der Waals surface area contributed by atoms with Gasteiger partial charge in [-0.1, -0.05) is 23.7 Å². The molecule has 1 unspecified atom stereocenters. The molecule has 1 heterocycles. The van der Waals surface area contributed by atoms with Crippen LogP contribution in [0.3, 0.4) is 0 Å².